The van der Waals surface area contributed by atoms with Crippen LogP contribution >= 0.6 is 0 Å². The van der Waals surface area contributed by atoms with Gasteiger partial charge in [-0.2, -0.15) is 5.10 Å². The predicted molar refractivity (Wildman–Crippen MR) is 91.2 cm³/mol. The molecule has 0 atom stereocenters. The molecule has 0 bridgehead atoms. The molecular weight excluding hydrogens is 312 g/mol. The summed E-state index contributed by atoms with van der Waals surface area (Å²) in [4.78, 5) is 0.214. The Hall–Kier alpha value is -2.02. The summed E-state index contributed by atoms with van der Waals surface area (Å²) in [6.45, 7) is 3.37. The maximum absolute atomic E-state index is 12.5. The lowest BCUT2D eigenvalue weighted by Crippen LogP contribution is -2.15. The van der Waals surface area contributed by atoms with Crippen LogP contribution in [0.5, 0.6) is 0 Å². The van der Waals surface area contributed by atoms with Gasteiger partial charge in [0, 0.05) is 17.4 Å². The Balaban J connectivity index is 1.72. The molecule has 0 radical (unpaired) electrons. The fraction of sp³-hybridized carbons (Fsp3) is 0.438. The van der Waals surface area contributed by atoms with Gasteiger partial charge >= 0.3 is 0 Å². The first-order chi connectivity index (χ1) is 11.0. The van der Waals surface area contributed by atoms with Crippen LogP contribution in [0.25, 0.3) is 0 Å². The Labute approximate surface area is 136 Å². The summed E-state index contributed by atoms with van der Waals surface area (Å²) in [6, 6.07) is 7.91. The minimum absolute atomic E-state index is 0.214. The average molecular weight is 334 g/mol. The van der Waals surface area contributed by atoms with Gasteiger partial charge in [0.15, 0.2) is 0 Å². The molecular formula is C16H22N4O2S. The van der Waals surface area contributed by atoms with Crippen molar-refractivity contribution < 1.29 is 8.42 Å². The summed E-state index contributed by atoms with van der Waals surface area (Å²) in [5, 5.41) is 10.1. The standard InChI is InChI=1S/C16H22N4O2S/c1-11-16(12(2)19-18-11)23(21,22)20-15-9-7-14(8-10-15)17-13-5-3-4-6-13/h7-10,13,17,20H,3-6H2,1-2H3,(H,18,19). The summed E-state index contributed by atoms with van der Waals surface area (Å²) in [6.07, 6.45) is 4.96. The molecule has 1 aromatic heterocycles. The smallest absolute Gasteiger partial charge is 0.265 e. The van der Waals surface area contributed by atoms with Crippen molar-refractivity contribution in [2.45, 2.75) is 50.5 Å². The zero-order valence-electron chi connectivity index (χ0n) is 13.4. The molecule has 7 heteroatoms. The van der Waals surface area contributed by atoms with Gasteiger partial charge in [0.1, 0.15) is 4.90 Å². The van der Waals surface area contributed by atoms with E-state index < -0.39 is 10.0 Å². The van der Waals surface area contributed by atoms with Crippen LogP contribution in [-0.2, 0) is 10.0 Å². The van der Waals surface area contributed by atoms with Gasteiger partial charge in [-0.3, -0.25) is 9.82 Å². The van der Waals surface area contributed by atoms with E-state index in [1.54, 1.807) is 26.0 Å². The number of rotatable bonds is 5. The second kappa shape index (κ2) is 6.23. The van der Waals surface area contributed by atoms with E-state index in [0.717, 1.165) is 5.69 Å². The molecule has 1 saturated carbocycles. The largest absolute Gasteiger partial charge is 0.382 e. The monoisotopic (exact) mass is 334 g/mol. The number of H-pyrrole nitrogens is 1. The second-order valence-corrected chi connectivity index (χ2v) is 7.69. The summed E-state index contributed by atoms with van der Waals surface area (Å²) < 4.78 is 27.6. The Morgan fingerprint density at radius 3 is 2.26 bits per heavy atom. The molecule has 1 aromatic carbocycles. The van der Waals surface area contributed by atoms with Gasteiger partial charge in [0.25, 0.3) is 10.0 Å². The zero-order chi connectivity index (χ0) is 16.4. The Bertz CT molecular complexity index is 755. The highest BCUT2D eigenvalue weighted by atomic mass is 32.2. The van der Waals surface area contributed by atoms with Crippen LogP contribution in [0.2, 0.25) is 0 Å². The van der Waals surface area contributed by atoms with Gasteiger partial charge in [-0.05, 0) is 51.0 Å². The van der Waals surface area contributed by atoms with Crippen molar-refractivity contribution >= 4 is 21.4 Å². The number of benzene rings is 1. The quantitative estimate of drug-likeness (QED) is 0.784. The number of aromatic amines is 1. The summed E-state index contributed by atoms with van der Waals surface area (Å²) in [7, 11) is -3.63. The summed E-state index contributed by atoms with van der Waals surface area (Å²) in [5.41, 5.74) is 2.57. The molecule has 1 aliphatic carbocycles. The van der Waals surface area contributed by atoms with Gasteiger partial charge in [0.2, 0.25) is 0 Å². The van der Waals surface area contributed by atoms with Crippen molar-refractivity contribution in [3.63, 3.8) is 0 Å². The second-order valence-electron chi connectivity index (χ2n) is 6.07. The molecule has 1 aliphatic rings. The molecule has 0 amide bonds. The highest BCUT2D eigenvalue weighted by Crippen LogP contribution is 2.25. The average Bonchev–Trinajstić information content (AvgIpc) is 3.11. The first kappa shape index (κ1) is 15.9. The minimum Gasteiger partial charge on any atom is -0.382 e. The lowest BCUT2D eigenvalue weighted by molar-refractivity contribution is 0.600. The Morgan fingerprint density at radius 2 is 1.70 bits per heavy atom. The Kier molecular flexibility index (Phi) is 4.30. The van der Waals surface area contributed by atoms with Gasteiger partial charge in [-0.25, -0.2) is 8.42 Å². The van der Waals surface area contributed by atoms with Crippen molar-refractivity contribution in [2.75, 3.05) is 10.0 Å². The lowest BCUT2D eigenvalue weighted by Gasteiger charge is -2.14. The first-order valence-corrected chi connectivity index (χ1v) is 9.35. The number of hydrogen-bond donors (Lipinski definition) is 3. The van der Waals surface area contributed by atoms with Crippen molar-refractivity contribution in [1.82, 2.24) is 10.2 Å². The molecule has 0 unspecified atom stereocenters. The van der Waals surface area contributed by atoms with Gasteiger partial charge in [-0.1, -0.05) is 12.8 Å². The molecule has 23 heavy (non-hydrogen) atoms. The zero-order valence-corrected chi connectivity index (χ0v) is 14.2. The number of aromatic nitrogens is 2. The molecule has 3 rings (SSSR count). The fourth-order valence-electron chi connectivity index (χ4n) is 3.08. The van der Waals surface area contributed by atoms with E-state index >= 15 is 0 Å². The van der Waals surface area contributed by atoms with Crippen molar-refractivity contribution in [1.29, 1.82) is 0 Å². The van der Waals surface area contributed by atoms with Crippen LogP contribution < -0.4 is 10.0 Å². The van der Waals surface area contributed by atoms with Crippen molar-refractivity contribution in [2.24, 2.45) is 0 Å². The molecule has 124 valence electrons. The van der Waals surface area contributed by atoms with E-state index in [0.29, 0.717) is 23.1 Å². The van der Waals surface area contributed by atoms with Crippen LogP contribution in [0.3, 0.4) is 0 Å². The number of sulfonamides is 1. The minimum atomic E-state index is -3.63. The van der Waals surface area contributed by atoms with Crippen LogP contribution in [0.4, 0.5) is 11.4 Å². The van der Waals surface area contributed by atoms with Gasteiger partial charge in [0.05, 0.1) is 11.4 Å². The first-order valence-electron chi connectivity index (χ1n) is 7.87. The molecule has 0 saturated heterocycles. The third kappa shape index (κ3) is 3.50. The lowest BCUT2D eigenvalue weighted by atomic mass is 10.2. The number of hydrogen-bond acceptors (Lipinski definition) is 4. The van der Waals surface area contributed by atoms with E-state index in [1.807, 2.05) is 12.1 Å². The van der Waals surface area contributed by atoms with Crippen molar-refractivity contribution in [3.8, 4) is 0 Å². The number of nitrogens with zero attached hydrogens (tertiary/aromatic N) is 1. The Morgan fingerprint density at radius 1 is 1.09 bits per heavy atom. The van der Waals surface area contributed by atoms with Crippen LogP contribution in [0.15, 0.2) is 29.2 Å². The maximum atomic E-state index is 12.5. The molecule has 2 aromatic rings. The third-order valence-electron chi connectivity index (χ3n) is 4.19. The molecule has 0 spiro atoms. The van der Waals surface area contributed by atoms with Crippen LogP contribution in [0, 0.1) is 13.8 Å². The normalized spacial score (nSPS) is 15.7. The third-order valence-corrected chi connectivity index (χ3v) is 5.84. The highest BCUT2D eigenvalue weighted by molar-refractivity contribution is 7.92. The summed E-state index contributed by atoms with van der Waals surface area (Å²) >= 11 is 0. The van der Waals surface area contributed by atoms with Crippen LogP contribution in [0.1, 0.15) is 37.1 Å². The highest BCUT2D eigenvalue weighted by Gasteiger charge is 2.22. The van der Waals surface area contributed by atoms with Crippen LogP contribution in [-0.4, -0.2) is 24.7 Å². The van der Waals surface area contributed by atoms with E-state index in [4.69, 9.17) is 0 Å². The SMILES string of the molecule is Cc1n[nH]c(C)c1S(=O)(=O)Nc1ccc(NC2CCCC2)cc1. The van der Waals surface area contributed by atoms with E-state index in [2.05, 4.69) is 20.2 Å². The van der Waals surface area contributed by atoms with E-state index in [1.165, 1.54) is 25.7 Å². The van der Waals surface area contributed by atoms with E-state index in [-0.39, 0.29) is 4.90 Å². The van der Waals surface area contributed by atoms with Gasteiger partial charge in [-0.15, -0.1) is 0 Å². The van der Waals surface area contributed by atoms with Crippen molar-refractivity contribution in [3.05, 3.63) is 35.7 Å². The number of nitrogens with one attached hydrogen (secondary N) is 3. The topological polar surface area (TPSA) is 86.9 Å². The molecule has 3 N–H and O–H groups in total. The summed E-state index contributed by atoms with van der Waals surface area (Å²) in [5.74, 6) is 0. The molecule has 1 heterocycles. The molecule has 1 fully saturated rings. The number of anilines is 2. The number of aryl methyl sites for hydroxylation is 2. The molecule has 6 nitrogen and oxygen atoms in total. The molecule has 0 aliphatic heterocycles. The predicted octanol–water partition coefficient (Wildman–Crippen LogP) is 3.18. The van der Waals surface area contributed by atoms with E-state index in [9.17, 15) is 8.42 Å². The maximum Gasteiger partial charge on any atom is 0.265 e. The fourth-order valence-corrected chi connectivity index (χ4v) is 4.51. The van der Waals surface area contributed by atoms with Gasteiger partial charge < -0.3 is 5.32 Å².